The number of unbranched alkanes of at least 4 members (excludes halogenated alkanes) is 1. The Morgan fingerprint density at radius 3 is 2.82 bits per heavy atom. The number of nitrogens with two attached hydrogens (primary N) is 1. The van der Waals surface area contributed by atoms with E-state index in [4.69, 9.17) is 10.5 Å². The number of hydrogen-bond donors (Lipinski definition) is 2. The first-order valence-electron chi connectivity index (χ1n) is 5.69. The molecule has 0 unspecified atom stereocenters. The summed E-state index contributed by atoms with van der Waals surface area (Å²) in [4.78, 5) is 11.5. The number of amides is 1. The maximum atomic E-state index is 11.5. The number of carbonyl (C=O) groups excluding carboxylic acids is 1. The fraction of sp³-hybridized carbons (Fsp3) is 0.700. The molecule has 0 atom stereocenters. The zero-order valence-electron chi connectivity index (χ0n) is 9.94. The predicted octanol–water partition coefficient (Wildman–Crippen LogP) is 1.06. The molecule has 0 spiro atoms. The second kappa shape index (κ2) is 7.97. The molecule has 6 nitrogen and oxygen atoms in total. The van der Waals surface area contributed by atoms with E-state index in [0.29, 0.717) is 23.3 Å². The minimum absolute atomic E-state index is 0.229. The summed E-state index contributed by atoms with van der Waals surface area (Å²) in [5.41, 5.74) is 5.38. The van der Waals surface area contributed by atoms with Crippen molar-refractivity contribution >= 4 is 22.4 Å². The lowest BCUT2D eigenvalue weighted by Crippen LogP contribution is -2.25. The first-order valence-corrected chi connectivity index (χ1v) is 6.50. The number of nitrogens with zero attached hydrogens (tertiary/aromatic N) is 2. The van der Waals surface area contributed by atoms with Crippen LogP contribution in [0.2, 0.25) is 0 Å². The van der Waals surface area contributed by atoms with Crippen molar-refractivity contribution in [3.05, 3.63) is 5.01 Å². The monoisotopic (exact) mass is 258 g/mol. The molecular weight excluding hydrogens is 240 g/mol. The van der Waals surface area contributed by atoms with E-state index < -0.39 is 0 Å². The van der Waals surface area contributed by atoms with Gasteiger partial charge in [0, 0.05) is 19.8 Å². The molecule has 0 fully saturated rings. The molecule has 0 saturated carbocycles. The van der Waals surface area contributed by atoms with Gasteiger partial charge in [0.2, 0.25) is 10.1 Å². The van der Waals surface area contributed by atoms with E-state index in [1.54, 1.807) is 0 Å². The van der Waals surface area contributed by atoms with E-state index in [2.05, 4.69) is 22.4 Å². The molecule has 1 amide bonds. The molecule has 0 aliphatic rings. The molecule has 1 aromatic heterocycles. The maximum absolute atomic E-state index is 11.5. The van der Waals surface area contributed by atoms with Gasteiger partial charge in [-0.3, -0.25) is 4.79 Å². The first kappa shape index (κ1) is 13.9. The molecule has 1 heterocycles. The lowest BCUT2D eigenvalue weighted by atomic mass is 10.3. The summed E-state index contributed by atoms with van der Waals surface area (Å²) < 4.78 is 5.37. The molecule has 0 saturated heterocycles. The Morgan fingerprint density at radius 1 is 1.41 bits per heavy atom. The van der Waals surface area contributed by atoms with Crippen LogP contribution in [-0.4, -0.2) is 35.9 Å². The van der Waals surface area contributed by atoms with Crippen LogP contribution < -0.4 is 11.1 Å². The van der Waals surface area contributed by atoms with Crippen LogP contribution in [0.1, 0.15) is 36.0 Å². The number of nitrogens with one attached hydrogen (secondary N) is 1. The van der Waals surface area contributed by atoms with Gasteiger partial charge in [0.25, 0.3) is 5.91 Å². The van der Waals surface area contributed by atoms with Crippen LogP contribution in [0, 0.1) is 0 Å². The largest absolute Gasteiger partial charge is 0.381 e. The van der Waals surface area contributed by atoms with Crippen molar-refractivity contribution < 1.29 is 9.53 Å². The van der Waals surface area contributed by atoms with E-state index >= 15 is 0 Å². The molecular formula is C10H18N4O2S. The van der Waals surface area contributed by atoms with Crippen molar-refractivity contribution in [1.82, 2.24) is 15.5 Å². The zero-order valence-corrected chi connectivity index (χ0v) is 10.8. The highest BCUT2D eigenvalue weighted by atomic mass is 32.1. The standard InChI is InChI=1S/C10H18N4O2S/c1-2-3-6-16-7-4-5-12-8(15)9-13-14-10(11)17-9/h2-7H2,1H3,(H2,11,14)(H,12,15). The second-order valence-electron chi connectivity index (χ2n) is 3.52. The van der Waals surface area contributed by atoms with E-state index in [1.165, 1.54) is 0 Å². The van der Waals surface area contributed by atoms with Crippen molar-refractivity contribution in [3.8, 4) is 0 Å². The fourth-order valence-electron chi connectivity index (χ4n) is 1.13. The van der Waals surface area contributed by atoms with Crippen molar-refractivity contribution in [2.45, 2.75) is 26.2 Å². The normalized spacial score (nSPS) is 10.4. The van der Waals surface area contributed by atoms with Crippen LogP contribution in [-0.2, 0) is 4.74 Å². The average Bonchev–Trinajstić information content (AvgIpc) is 2.74. The molecule has 7 heteroatoms. The van der Waals surface area contributed by atoms with Gasteiger partial charge in [0.15, 0.2) is 0 Å². The Kier molecular flexibility index (Phi) is 6.49. The molecule has 3 N–H and O–H groups in total. The third-order valence-corrected chi connectivity index (χ3v) is 2.78. The van der Waals surface area contributed by atoms with Crippen LogP contribution in [0.4, 0.5) is 5.13 Å². The van der Waals surface area contributed by atoms with Crippen LogP contribution in [0.15, 0.2) is 0 Å². The van der Waals surface area contributed by atoms with Gasteiger partial charge in [-0.05, 0) is 12.8 Å². The predicted molar refractivity (Wildman–Crippen MR) is 67.0 cm³/mol. The number of ether oxygens (including phenoxy) is 1. The van der Waals surface area contributed by atoms with Crippen LogP contribution in [0.5, 0.6) is 0 Å². The van der Waals surface area contributed by atoms with Gasteiger partial charge < -0.3 is 15.8 Å². The molecule has 0 aliphatic carbocycles. The lowest BCUT2D eigenvalue weighted by molar-refractivity contribution is 0.0939. The summed E-state index contributed by atoms with van der Waals surface area (Å²) >= 11 is 1.08. The van der Waals surface area contributed by atoms with Crippen LogP contribution in [0.3, 0.4) is 0 Å². The topological polar surface area (TPSA) is 90.1 Å². The van der Waals surface area contributed by atoms with Crippen LogP contribution >= 0.6 is 11.3 Å². The Hall–Kier alpha value is -1.21. The van der Waals surface area contributed by atoms with Gasteiger partial charge in [-0.25, -0.2) is 0 Å². The number of carbonyl (C=O) groups is 1. The van der Waals surface area contributed by atoms with Crippen molar-refractivity contribution in [1.29, 1.82) is 0 Å². The maximum Gasteiger partial charge on any atom is 0.282 e. The Morgan fingerprint density at radius 2 is 2.18 bits per heavy atom. The third-order valence-electron chi connectivity index (χ3n) is 2.03. The molecule has 1 aromatic rings. The number of aromatic nitrogens is 2. The van der Waals surface area contributed by atoms with E-state index in [0.717, 1.165) is 37.2 Å². The van der Waals surface area contributed by atoms with E-state index in [1.807, 2.05) is 0 Å². The van der Waals surface area contributed by atoms with Crippen molar-refractivity contribution in [3.63, 3.8) is 0 Å². The fourth-order valence-corrected chi connectivity index (χ4v) is 1.65. The number of rotatable bonds is 8. The second-order valence-corrected chi connectivity index (χ2v) is 4.53. The average molecular weight is 258 g/mol. The van der Waals surface area contributed by atoms with Gasteiger partial charge >= 0.3 is 0 Å². The minimum Gasteiger partial charge on any atom is -0.381 e. The minimum atomic E-state index is -0.229. The Bertz CT molecular complexity index is 343. The molecule has 1 rings (SSSR count). The van der Waals surface area contributed by atoms with Gasteiger partial charge in [0.1, 0.15) is 0 Å². The number of nitrogen functional groups attached to an aromatic ring is 1. The van der Waals surface area contributed by atoms with Gasteiger partial charge in [-0.1, -0.05) is 24.7 Å². The summed E-state index contributed by atoms with van der Waals surface area (Å²) in [5, 5.41) is 10.6. The molecule has 0 radical (unpaired) electrons. The smallest absolute Gasteiger partial charge is 0.282 e. The van der Waals surface area contributed by atoms with Crippen molar-refractivity contribution in [2.24, 2.45) is 0 Å². The third kappa shape index (κ3) is 5.60. The molecule has 0 aliphatic heterocycles. The van der Waals surface area contributed by atoms with Crippen molar-refractivity contribution in [2.75, 3.05) is 25.5 Å². The SMILES string of the molecule is CCCCOCCCNC(=O)c1nnc(N)s1. The quantitative estimate of drug-likeness (QED) is 0.680. The highest BCUT2D eigenvalue weighted by Crippen LogP contribution is 2.10. The molecule has 0 bridgehead atoms. The highest BCUT2D eigenvalue weighted by molar-refractivity contribution is 7.16. The summed E-state index contributed by atoms with van der Waals surface area (Å²) in [6.45, 7) is 4.15. The van der Waals surface area contributed by atoms with E-state index in [9.17, 15) is 4.79 Å². The first-order chi connectivity index (χ1) is 8.24. The summed E-state index contributed by atoms with van der Waals surface area (Å²) in [6, 6.07) is 0. The summed E-state index contributed by atoms with van der Waals surface area (Å²) in [5.74, 6) is -0.229. The summed E-state index contributed by atoms with van der Waals surface area (Å²) in [7, 11) is 0. The van der Waals surface area contributed by atoms with E-state index in [-0.39, 0.29) is 5.91 Å². The Labute approximate surface area is 105 Å². The van der Waals surface area contributed by atoms with Gasteiger partial charge in [-0.2, -0.15) is 0 Å². The Balaban J connectivity index is 2.05. The zero-order chi connectivity index (χ0) is 12.5. The molecule has 17 heavy (non-hydrogen) atoms. The summed E-state index contributed by atoms with van der Waals surface area (Å²) in [6.07, 6.45) is 3.01. The number of hydrogen-bond acceptors (Lipinski definition) is 6. The van der Waals surface area contributed by atoms with Gasteiger partial charge in [0.05, 0.1) is 0 Å². The molecule has 0 aromatic carbocycles. The van der Waals surface area contributed by atoms with Crippen LogP contribution in [0.25, 0.3) is 0 Å². The highest BCUT2D eigenvalue weighted by Gasteiger charge is 2.10. The molecule has 96 valence electrons. The van der Waals surface area contributed by atoms with Gasteiger partial charge in [-0.15, -0.1) is 10.2 Å². The number of anilines is 1. The lowest BCUT2D eigenvalue weighted by Gasteiger charge is -2.04.